The van der Waals surface area contributed by atoms with Crippen LogP contribution in [0.1, 0.15) is 45.4 Å². The molecular formula is C12H28N2. The van der Waals surface area contributed by atoms with Crippen molar-refractivity contribution in [3.05, 3.63) is 0 Å². The average molecular weight is 200 g/mol. The lowest BCUT2D eigenvalue weighted by Crippen LogP contribution is -2.35. The van der Waals surface area contributed by atoms with Crippen LogP contribution in [0.4, 0.5) is 0 Å². The summed E-state index contributed by atoms with van der Waals surface area (Å²) < 4.78 is 0. The van der Waals surface area contributed by atoms with Gasteiger partial charge in [0.15, 0.2) is 0 Å². The molecule has 0 bridgehead atoms. The van der Waals surface area contributed by atoms with Crippen molar-refractivity contribution in [1.29, 1.82) is 0 Å². The van der Waals surface area contributed by atoms with Crippen LogP contribution in [0.5, 0.6) is 0 Å². The summed E-state index contributed by atoms with van der Waals surface area (Å²) >= 11 is 0. The zero-order chi connectivity index (χ0) is 10.8. The fraction of sp³-hybridized carbons (Fsp3) is 1.00. The summed E-state index contributed by atoms with van der Waals surface area (Å²) in [5.41, 5.74) is 0. The normalized spacial score (nSPS) is 13.5. The van der Waals surface area contributed by atoms with E-state index in [-0.39, 0.29) is 0 Å². The number of hydrogen-bond donors (Lipinski definition) is 1. The monoisotopic (exact) mass is 200 g/mol. The zero-order valence-electron chi connectivity index (χ0n) is 10.5. The predicted molar refractivity (Wildman–Crippen MR) is 64.8 cm³/mol. The SMILES string of the molecule is CCCCCCCC(CN(C)C)NC. The molecule has 0 aliphatic carbocycles. The third-order valence-electron chi connectivity index (χ3n) is 2.65. The smallest absolute Gasteiger partial charge is 0.0191 e. The minimum atomic E-state index is 0.673. The van der Waals surface area contributed by atoms with E-state index in [4.69, 9.17) is 0 Å². The molecule has 0 aliphatic rings. The van der Waals surface area contributed by atoms with Crippen molar-refractivity contribution >= 4 is 0 Å². The molecule has 0 heterocycles. The van der Waals surface area contributed by atoms with Gasteiger partial charge in [0, 0.05) is 12.6 Å². The van der Waals surface area contributed by atoms with E-state index in [2.05, 4.69) is 38.3 Å². The van der Waals surface area contributed by atoms with E-state index in [1.165, 1.54) is 38.5 Å². The molecular weight excluding hydrogens is 172 g/mol. The molecule has 0 amide bonds. The highest BCUT2D eigenvalue weighted by Gasteiger charge is 2.05. The Morgan fingerprint density at radius 1 is 1.07 bits per heavy atom. The van der Waals surface area contributed by atoms with Crippen molar-refractivity contribution in [2.75, 3.05) is 27.7 Å². The van der Waals surface area contributed by atoms with E-state index in [9.17, 15) is 0 Å². The van der Waals surface area contributed by atoms with Crippen LogP contribution < -0.4 is 5.32 Å². The Kier molecular flexibility index (Phi) is 9.42. The molecule has 0 aromatic heterocycles. The van der Waals surface area contributed by atoms with Crippen LogP contribution in [0.2, 0.25) is 0 Å². The summed E-state index contributed by atoms with van der Waals surface area (Å²) in [6.07, 6.45) is 8.25. The van der Waals surface area contributed by atoms with E-state index in [0.29, 0.717) is 6.04 Å². The molecule has 0 aromatic carbocycles. The summed E-state index contributed by atoms with van der Waals surface area (Å²) in [6.45, 7) is 3.42. The number of nitrogens with one attached hydrogen (secondary N) is 1. The first kappa shape index (κ1) is 13.9. The standard InChI is InChI=1S/C12H28N2/c1-5-6-7-8-9-10-12(13-2)11-14(3)4/h12-13H,5-11H2,1-4H3. The highest BCUT2D eigenvalue weighted by Crippen LogP contribution is 2.07. The molecule has 2 heteroatoms. The van der Waals surface area contributed by atoms with Crippen molar-refractivity contribution in [3.8, 4) is 0 Å². The third-order valence-corrected chi connectivity index (χ3v) is 2.65. The van der Waals surface area contributed by atoms with Gasteiger partial charge in [-0.05, 0) is 27.6 Å². The Hall–Kier alpha value is -0.0800. The molecule has 0 spiro atoms. The van der Waals surface area contributed by atoms with Crippen molar-refractivity contribution in [1.82, 2.24) is 10.2 Å². The molecule has 1 atom stereocenters. The molecule has 14 heavy (non-hydrogen) atoms. The third kappa shape index (κ3) is 8.52. The maximum atomic E-state index is 3.38. The van der Waals surface area contributed by atoms with Crippen LogP contribution >= 0.6 is 0 Å². The summed E-state index contributed by atoms with van der Waals surface area (Å²) in [6, 6.07) is 0.673. The van der Waals surface area contributed by atoms with Crippen LogP contribution in [0.3, 0.4) is 0 Å². The van der Waals surface area contributed by atoms with Gasteiger partial charge in [-0.25, -0.2) is 0 Å². The lowest BCUT2D eigenvalue weighted by atomic mass is 10.1. The van der Waals surface area contributed by atoms with E-state index in [1.807, 2.05) is 0 Å². The first-order valence-corrected chi connectivity index (χ1v) is 6.02. The van der Waals surface area contributed by atoms with Gasteiger partial charge in [-0.1, -0.05) is 39.0 Å². The Balaban J connectivity index is 3.33. The van der Waals surface area contributed by atoms with E-state index in [0.717, 1.165) is 6.54 Å². The molecule has 86 valence electrons. The fourth-order valence-corrected chi connectivity index (χ4v) is 1.76. The summed E-state index contributed by atoms with van der Waals surface area (Å²) in [5, 5.41) is 3.38. The van der Waals surface area contributed by atoms with Crippen LogP contribution in [0, 0.1) is 0 Å². The van der Waals surface area contributed by atoms with Crippen LogP contribution in [-0.4, -0.2) is 38.6 Å². The van der Waals surface area contributed by atoms with Crippen molar-refractivity contribution < 1.29 is 0 Å². The molecule has 0 saturated carbocycles. The minimum absolute atomic E-state index is 0.673. The number of likely N-dealkylation sites (N-methyl/N-ethyl adjacent to an activating group) is 2. The number of unbranched alkanes of at least 4 members (excludes halogenated alkanes) is 4. The van der Waals surface area contributed by atoms with E-state index in [1.54, 1.807) is 0 Å². The van der Waals surface area contributed by atoms with Crippen molar-refractivity contribution in [2.45, 2.75) is 51.5 Å². The van der Waals surface area contributed by atoms with Gasteiger partial charge < -0.3 is 10.2 Å². The van der Waals surface area contributed by atoms with Gasteiger partial charge in [-0.15, -0.1) is 0 Å². The number of hydrogen-bond acceptors (Lipinski definition) is 2. The van der Waals surface area contributed by atoms with E-state index >= 15 is 0 Å². The first-order valence-electron chi connectivity index (χ1n) is 6.02. The first-order chi connectivity index (χ1) is 6.70. The zero-order valence-corrected chi connectivity index (χ0v) is 10.5. The van der Waals surface area contributed by atoms with Gasteiger partial charge in [-0.2, -0.15) is 0 Å². The summed E-state index contributed by atoms with van der Waals surface area (Å²) in [5.74, 6) is 0. The van der Waals surface area contributed by atoms with Crippen LogP contribution in [0.25, 0.3) is 0 Å². The average Bonchev–Trinajstić information content (AvgIpc) is 2.15. The van der Waals surface area contributed by atoms with Gasteiger partial charge in [-0.3, -0.25) is 0 Å². The molecule has 0 saturated heterocycles. The Morgan fingerprint density at radius 2 is 1.71 bits per heavy atom. The van der Waals surface area contributed by atoms with Crippen LogP contribution in [0.15, 0.2) is 0 Å². The minimum Gasteiger partial charge on any atom is -0.316 e. The Morgan fingerprint density at radius 3 is 2.21 bits per heavy atom. The summed E-state index contributed by atoms with van der Waals surface area (Å²) in [4.78, 5) is 2.26. The molecule has 1 N–H and O–H groups in total. The largest absolute Gasteiger partial charge is 0.316 e. The molecule has 0 rings (SSSR count). The van der Waals surface area contributed by atoms with Gasteiger partial charge >= 0.3 is 0 Å². The van der Waals surface area contributed by atoms with Gasteiger partial charge in [0.25, 0.3) is 0 Å². The quantitative estimate of drug-likeness (QED) is 0.575. The molecule has 1 unspecified atom stereocenters. The predicted octanol–water partition coefficient (Wildman–Crippen LogP) is 2.50. The topological polar surface area (TPSA) is 15.3 Å². The maximum Gasteiger partial charge on any atom is 0.0191 e. The molecule has 0 radical (unpaired) electrons. The van der Waals surface area contributed by atoms with Crippen molar-refractivity contribution in [3.63, 3.8) is 0 Å². The van der Waals surface area contributed by atoms with Crippen molar-refractivity contribution in [2.24, 2.45) is 0 Å². The molecule has 2 nitrogen and oxygen atoms in total. The summed E-state index contributed by atoms with van der Waals surface area (Å²) in [7, 11) is 6.35. The lowest BCUT2D eigenvalue weighted by Gasteiger charge is -2.20. The second kappa shape index (κ2) is 9.47. The number of rotatable bonds is 9. The Bertz CT molecular complexity index is 113. The second-order valence-electron chi connectivity index (χ2n) is 4.45. The van der Waals surface area contributed by atoms with Gasteiger partial charge in [0.1, 0.15) is 0 Å². The molecule has 0 aliphatic heterocycles. The highest BCUT2D eigenvalue weighted by molar-refractivity contribution is 4.67. The second-order valence-corrected chi connectivity index (χ2v) is 4.45. The van der Waals surface area contributed by atoms with E-state index < -0.39 is 0 Å². The molecule has 0 fully saturated rings. The molecule has 0 aromatic rings. The van der Waals surface area contributed by atoms with Gasteiger partial charge in [0.05, 0.1) is 0 Å². The number of nitrogens with zero attached hydrogens (tertiary/aromatic N) is 1. The maximum absolute atomic E-state index is 3.38. The fourth-order valence-electron chi connectivity index (χ4n) is 1.76. The lowest BCUT2D eigenvalue weighted by molar-refractivity contribution is 0.331. The van der Waals surface area contributed by atoms with Crippen LogP contribution in [-0.2, 0) is 0 Å². The van der Waals surface area contributed by atoms with Gasteiger partial charge in [0.2, 0.25) is 0 Å². The Labute approximate surface area is 90.1 Å². The highest BCUT2D eigenvalue weighted by atomic mass is 15.1.